The van der Waals surface area contributed by atoms with E-state index in [2.05, 4.69) is 0 Å². The number of ether oxygens (including phenoxy) is 1. The summed E-state index contributed by atoms with van der Waals surface area (Å²) in [6.45, 7) is 4.49. The van der Waals surface area contributed by atoms with Gasteiger partial charge in [-0.1, -0.05) is 0 Å². The molecule has 0 aliphatic rings. The average molecular weight is 195 g/mol. The Labute approximate surface area is 74.1 Å². The van der Waals surface area contributed by atoms with Gasteiger partial charge in [0, 0.05) is 6.61 Å². The molecule has 0 aromatic heterocycles. The lowest BCUT2D eigenvalue weighted by atomic mass is 10.3. The molecule has 5 heteroatoms. The first-order chi connectivity index (χ1) is 5.42. The molecule has 0 amide bonds. The third kappa shape index (κ3) is 9.87. The number of nitrogens with two attached hydrogens (primary N) is 1. The fourth-order valence-corrected chi connectivity index (χ4v) is 1.33. The minimum atomic E-state index is -3.28. The molecule has 4 nitrogen and oxygen atoms in total. The molecule has 0 heterocycles. The zero-order valence-corrected chi connectivity index (χ0v) is 8.43. The third-order valence-corrected chi connectivity index (χ3v) is 2.13. The topological polar surface area (TPSA) is 69.4 Å². The molecule has 0 spiro atoms. The maximum atomic E-state index is 10.5. The van der Waals surface area contributed by atoms with Crippen LogP contribution in [0, 0.1) is 0 Å². The molecule has 0 saturated heterocycles. The van der Waals surface area contributed by atoms with Gasteiger partial charge in [-0.15, -0.1) is 0 Å². The van der Waals surface area contributed by atoms with Crippen molar-refractivity contribution in [2.24, 2.45) is 5.14 Å². The molecule has 0 atom stereocenters. The summed E-state index contributed by atoms with van der Waals surface area (Å²) in [6.07, 6.45) is 1.53. The number of hydrogen-bond donors (Lipinski definition) is 1. The third-order valence-electron chi connectivity index (χ3n) is 1.27. The Hall–Kier alpha value is -0.130. The number of unbranched alkanes of at least 4 members (excludes halogenated alkanes) is 1. The fourth-order valence-electron chi connectivity index (χ4n) is 0.724. The highest BCUT2D eigenvalue weighted by molar-refractivity contribution is 7.89. The lowest BCUT2D eigenvalue weighted by Gasteiger charge is -2.05. The minimum absolute atomic E-state index is 0.0501. The van der Waals surface area contributed by atoms with E-state index in [-0.39, 0.29) is 11.9 Å². The Bertz CT molecular complexity index is 199. The van der Waals surface area contributed by atoms with Gasteiger partial charge in [0.25, 0.3) is 0 Å². The van der Waals surface area contributed by atoms with Crippen molar-refractivity contribution >= 4 is 10.0 Å². The zero-order valence-electron chi connectivity index (χ0n) is 7.62. The van der Waals surface area contributed by atoms with E-state index >= 15 is 0 Å². The van der Waals surface area contributed by atoms with E-state index in [1.807, 2.05) is 13.8 Å². The first-order valence-electron chi connectivity index (χ1n) is 4.04. The Morgan fingerprint density at radius 3 is 2.33 bits per heavy atom. The number of sulfonamides is 1. The molecule has 0 saturated carbocycles. The highest BCUT2D eigenvalue weighted by Crippen LogP contribution is 1.95. The Kier molecular flexibility index (Phi) is 5.44. The quantitative estimate of drug-likeness (QED) is 0.627. The smallest absolute Gasteiger partial charge is 0.209 e. The van der Waals surface area contributed by atoms with Crippen LogP contribution in [0.15, 0.2) is 0 Å². The lowest BCUT2D eigenvalue weighted by molar-refractivity contribution is 0.0768. The van der Waals surface area contributed by atoms with Crippen molar-refractivity contribution in [2.75, 3.05) is 12.4 Å². The predicted molar refractivity (Wildman–Crippen MR) is 48.3 cm³/mol. The van der Waals surface area contributed by atoms with Crippen molar-refractivity contribution in [1.82, 2.24) is 0 Å². The van der Waals surface area contributed by atoms with Crippen molar-refractivity contribution in [3.63, 3.8) is 0 Å². The largest absolute Gasteiger partial charge is 0.379 e. The standard InChI is InChI=1S/C7H17NO3S/c1-7(2)11-5-3-4-6-12(8,9)10/h7H,3-6H2,1-2H3,(H2,8,9,10). The summed E-state index contributed by atoms with van der Waals surface area (Å²) in [7, 11) is -3.28. The minimum Gasteiger partial charge on any atom is -0.379 e. The average Bonchev–Trinajstić information content (AvgIpc) is 1.83. The maximum absolute atomic E-state index is 10.5. The van der Waals surface area contributed by atoms with Crippen LogP contribution in [0.25, 0.3) is 0 Å². The summed E-state index contributed by atoms with van der Waals surface area (Å²) in [4.78, 5) is 0. The van der Waals surface area contributed by atoms with E-state index in [0.717, 1.165) is 6.42 Å². The predicted octanol–water partition coefficient (Wildman–Crippen LogP) is 0.480. The molecule has 0 unspecified atom stereocenters. The van der Waals surface area contributed by atoms with E-state index in [9.17, 15) is 8.42 Å². The van der Waals surface area contributed by atoms with E-state index in [1.54, 1.807) is 0 Å². The van der Waals surface area contributed by atoms with Gasteiger partial charge >= 0.3 is 0 Å². The summed E-state index contributed by atoms with van der Waals surface area (Å²) in [6, 6.07) is 0. The molecule has 0 bridgehead atoms. The first-order valence-corrected chi connectivity index (χ1v) is 5.75. The number of rotatable bonds is 6. The van der Waals surface area contributed by atoms with Crippen LogP contribution < -0.4 is 5.14 Å². The molecule has 0 fully saturated rings. The van der Waals surface area contributed by atoms with Gasteiger partial charge in [-0.2, -0.15) is 0 Å². The maximum Gasteiger partial charge on any atom is 0.209 e. The van der Waals surface area contributed by atoms with Gasteiger partial charge in [0.1, 0.15) is 0 Å². The molecule has 0 radical (unpaired) electrons. The fraction of sp³-hybridized carbons (Fsp3) is 1.00. The van der Waals surface area contributed by atoms with Crippen LogP contribution in [-0.4, -0.2) is 26.9 Å². The first kappa shape index (κ1) is 11.9. The molecular weight excluding hydrogens is 178 g/mol. The molecule has 0 aliphatic heterocycles. The van der Waals surface area contributed by atoms with E-state index in [0.29, 0.717) is 13.0 Å². The SMILES string of the molecule is CC(C)OCCCCS(N)(=O)=O. The normalized spacial score (nSPS) is 12.3. The molecule has 2 N–H and O–H groups in total. The summed E-state index contributed by atoms with van der Waals surface area (Å²) in [5.74, 6) is 0.0501. The van der Waals surface area contributed by atoms with Gasteiger partial charge in [-0.05, 0) is 26.7 Å². The molecule has 74 valence electrons. The molecule has 0 rings (SSSR count). The lowest BCUT2D eigenvalue weighted by Crippen LogP contribution is -2.16. The monoisotopic (exact) mass is 195 g/mol. The van der Waals surface area contributed by atoms with Crippen molar-refractivity contribution < 1.29 is 13.2 Å². The summed E-state index contributed by atoms with van der Waals surface area (Å²) < 4.78 is 26.2. The van der Waals surface area contributed by atoms with Crippen molar-refractivity contribution in [3.8, 4) is 0 Å². The second-order valence-corrected chi connectivity index (χ2v) is 4.73. The molecule has 12 heavy (non-hydrogen) atoms. The van der Waals surface area contributed by atoms with Gasteiger partial charge in [0.05, 0.1) is 11.9 Å². The van der Waals surface area contributed by atoms with Gasteiger partial charge in [-0.25, -0.2) is 13.6 Å². The van der Waals surface area contributed by atoms with Gasteiger partial charge in [0.15, 0.2) is 0 Å². The molecule has 0 aliphatic carbocycles. The number of hydrogen-bond acceptors (Lipinski definition) is 3. The van der Waals surface area contributed by atoms with Crippen LogP contribution in [0.3, 0.4) is 0 Å². The highest BCUT2D eigenvalue weighted by atomic mass is 32.2. The van der Waals surface area contributed by atoms with Crippen LogP contribution in [0.4, 0.5) is 0 Å². The Morgan fingerprint density at radius 2 is 1.92 bits per heavy atom. The van der Waals surface area contributed by atoms with Gasteiger partial charge in [0.2, 0.25) is 10.0 Å². The van der Waals surface area contributed by atoms with Gasteiger partial charge < -0.3 is 4.74 Å². The van der Waals surface area contributed by atoms with Gasteiger partial charge in [-0.3, -0.25) is 0 Å². The molecule has 0 aromatic carbocycles. The number of primary sulfonamides is 1. The van der Waals surface area contributed by atoms with Crippen LogP contribution >= 0.6 is 0 Å². The second-order valence-electron chi connectivity index (χ2n) is 2.99. The van der Waals surface area contributed by atoms with E-state index in [1.165, 1.54) is 0 Å². The summed E-state index contributed by atoms with van der Waals surface area (Å²) >= 11 is 0. The second kappa shape index (κ2) is 5.50. The molecule has 0 aromatic rings. The Morgan fingerprint density at radius 1 is 1.33 bits per heavy atom. The van der Waals surface area contributed by atoms with Crippen molar-refractivity contribution in [3.05, 3.63) is 0 Å². The van der Waals surface area contributed by atoms with Crippen LogP contribution in [0.1, 0.15) is 26.7 Å². The van der Waals surface area contributed by atoms with E-state index < -0.39 is 10.0 Å². The zero-order chi connectivity index (χ0) is 9.61. The van der Waals surface area contributed by atoms with Crippen molar-refractivity contribution in [1.29, 1.82) is 0 Å². The van der Waals surface area contributed by atoms with Crippen LogP contribution in [0.2, 0.25) is 0 Å². The highest BCUT2D eigenvalue weighted by Gasteiger charge is 2.01. The summed E-state index contributed by atoms with van der Waals surface area (Å²) in [5, 5.41) is 4.81. The summed E-state index contributed by atoms with van der Waals surface area (Å²) in [5.41, 5.74) is 0. The van der Waals surface area contributed by atoms with Crippen LogP contribution in [-0.2, 0) is 14.8 Å². The molecular formula is C7H17NO3S. The van der Waals surface area contributed by atoms with E-state index in [4.69, 9.17) is 9.88 Å². The van der Waals surface area contributed by atoms with Crippen LogP contribution in [0.5, 0.6) is 0 Å². The Balaban J connectivity index is 3.23. The van der Waals surface area contributed by atoms with Crippen molar-refractivity contribution in [2.45, 2.75) is 32.8 Å².